The Morgan fingerprint density at radius 3 is 2.49 bits per heavy atom. The minimum absolute atomic E-state index is 0.0203. The number of rotatable bonds is 9. The van der Waals surface area contributed by atoms with Gasteiger partial charge in [-0.25, -0.2) is 8.78 Å². The van der Waals surface area contributed by atoms with E-state index in [0.717, 1.165) is 10.5 Å². The molecule has 0 unspecified atom stereocenters. The largest absolute Gasteiger partial charge is 0.530 e. The topological polar surface area (TPSA) is 114 Å². The van der Waals surface area contributed by atoms with Gasteiger partial charge >= 0.3 is 0 Å². The second-order valence-corrected chi connectivity index (χ2v) is 13.2. The van der Waals surface area contributed by atoms with Crippen LogP contribution in [-0.2, 0) is 20.9 Å². The third kappa shape index (κ3) is 7.38. The van der Waals surface area contributed by atoms with Gasteiger partial charge in [0.25, 0.3) is 0 Å². The fourth-order valence-corrected chi connectivity index (χ4v) is 7.80. The average molecular weight is 654 g/mol. The molecule has 2 aromatic carbocycles. The molecule has 3 amide bonds. The number of carbonyl (C=O) groups excluding carboxylic acids is 3. The average Bonchev–Trinajstić information content (AvgIpc) is 3.46. The van der Waals surface area contributed by atoms with E-state index < -0.39 is 48.8 Å². The van der Waals surface area contributed by atoms with Crippen LogP contribution in [0.2, 0.25) is 0 Å². The normalized spacial score (nSPS) is 26.4. The van der Waals surface area contributed by atoms with Gasteiger partial charge in [0.2, 0.25) is 17.7 Å². The Kier molecular flexibility index (Phi) is 9.98. The fourth-order valence-electron chi connectivity index (χ4n) is 7.80. The summed E-state index contributed by atoms with van der Waals surface area (Å²) in [5, 5.41) is 15.9. The predicted octanol–water partition coefficient (Wildman–Crippen LogP) is 3.36. The van der Waals surface area contributed by atoms with Gasteiger partial charge in [0.1, 0.15) is 23.9 Å². The molecular formula is C35H43F2N4O6-. The molecule has 5 atom stereocenters. The van der Waals surface area contributed by atoms with Crippen molar-refractivity contribution < 1.29 is 37.7 Å². The molecule has 12 heteroatoms. The lowest BCUT2D eigenvalue weighted by molar-refractivity contribution is -0.270. The quantitative estimate of drug-likeness (QED) is 0.442. The molecule has 1 saturated carbocycles. The van der Waals surface area contributed by atoms with Crippen LogP contribution in [0.3, 0.4) is 0 Å². The highest BCUT2D eigenvalue weighted by molar-refractivity contribution is 5.92. The van der Waals surface area contributed by atoms with Gasteiger partial charge in [-0.15, -0.1) is 0 Å². The second kappa shape index (κ2) is 14.1. The van der Waals surface area contributed by atoms with Crippen LogP contribution in [-0.4, -0.2) is 95.6 Å². The maximum atomic E-state index is 14.9. The van der Waals surface area contributed by atoms with E-state index in [2.05, 4.69) is 10.2 Å². The Bertz CT molecular complexity index is 1420. The number of halogens is 2. The third-order valence-corrected chi connectivity index (χ3v) is 10.2. The lowest BCUT2D eigenvalue weighted by Crippen LogP contribution is -2.67. The molecule has 10 nitrogen and oxygen atoms in total. The standard InChI is InChI=1S/C35H44F2N4O6/c1-2-46-26-18-25-20-40(29(22-39(25)21-26)32(42)38-28-14-17-47-30-11-7-6-10-27(28)30)33(43)31(24-12-15-35(36,37)16-13-24)41(34(44)45)19-23-8-4-3-5-9-23/h3-11,24-26,28-29,31H,2,12-22H2,1H3,(H,38,42)(H,44,45)/p-1/t25-,26+,28+,29-,31-/m0/s1. The molecule has 4 aliphatic rings. The van der Waals surface area contributed by atoms with Crippen LogP contribution >= 0.6 is 0 Å². The van der Waals surface area contributed by atoms with Gasteiger partial charge in [-0.05, 0) is 43.7 Å². The number of fused-ring (bicyclic) bond motifs is 2. The summed E-state index contributed by atoms with van der Waals surface area (Å²) in [6, 6.07) is 13.7. The molecule has 1 aliphatic carbocycles. The summed E-state index contributed by atoms with van der Waals surface area (Å²) in [6.45, 7) is 3.80. The van der Waals surface area contributed by atoms with Crippen molar-refractivity contribution in [2.75, 3.05) is 32.8 Å². The summed E-state index contributed by atoms with van der Waals surface area (Å²) >= 11 is 0. The first-order chi connectivity index (χ1) is 22.6. The van der Waals surface area contributed by atoms with Crippen molar-refractivity contribution in [3.63, 3.8) is 0 Å². The lowest BCUT2D eigenvalue weighted by atomic mass is 9.80. The van der Waals surface area contributed by atoms with Gasteiger partial charge < -0.3 is 34.5 Å². The summed E-state index contributed by atoms with van der Waals surface area (Å²) in [5.74, 6) is -3.74. The number of piperazine rings is 1. The molecule has 47 heavy (non-hydrogen) atoms. The zero-order valence-corrected chi connectivity index (χ0v) is 26.7. The van der Waals surface area contributed by atoms with Crippen molar-refractivity contribution in [3.8, 4) is 5.75 Å². The molecule has 3 aliphatic heterocycles. The number of ether oxygens (including phenoxy) is 2. The molecule has 254 valence electrons. The van der Waals surface area contributed by atoms with Gasteiger partial charge in [-0.1, -0.05) is 48.5 Å². The van der Waals surface area contributed by atoms with E-state index in [9.17, 15) is 28.3 Å². The minimum atomic E-state index is -2.87. The molecule has 0 radical (unpaired) electrons. The molecule has 0 spiro atoms. The van der Waals surface area contributed by atoms with Gasteiger partial charge in [0, 0.05) is 63.7 Å². The van der Waals surface area contributed by atoms with Crippen LogP contribution < -0.4 is 15.2 Å². The second-order valence-electron chi connectivity index (χ2n) is 13.2. The lowest BCUT2D eigenvalue weighted by Gasteiger charge is -2.47. The molecule has 2 aromatic rings. The van der Waals surface area contributed by atoms with Gasteiger partial charge in [-0.3, -0.25) is 14.5 Å². The predicted molar refractivity (Wildman–Crippen MR) is 166 cm³/mol. The van der Waals surface area contributed by atoms with Gasteiger partial charge in [-0.2, -0.15) is 0 Å². The van der Waals surface area contributed by atoms with Crippen LogP contribution in [0.15, 0.2) is 54.6 Å². The summed E-state index contributed by atoms with van der Waals surface area (Å²) in [7, 11) is 0. The first-order valence-electron chi connectivity index (χ1n) is 16.7. The maximum absolute atomic E-state index is 14.9. The first kappa shape index (κ1) is 33.1. The van der Waals surface area contributed by atoms with Crippen molar-refractivity contribution in [1.82, 2.24) is 20.0 Å². The van der Waals surface area contributed by atoms with Crippen molar-refractivity contribution in [2.24, 2.45) is 5.92 Å². The molecular weight excluding hydrogens is 610 g/mol. The van der Waals surface area contributed by atoms with Crippen molar-refractivity contribution in [2.45, 2.75) is 88.2 Å². The minimum Gasteiger partial charge on any atom is -0.530 e. The Balaban J connectivity index is 1.32. The Labute approximate surface area is 274 Å². The van der Waals surface area contributed by atoms with Gasteiger partial charge in [0.15, 0.2) is 0 Å². The number of para-hydroxylation sites is 1. The van der Waals surface area contributed by atoms with E-state index in [0.29, 0.717) is 43.9 Å². The number of carboxylic acid groups (broad SMARTS) is 1. The van der Waals surface area contributed by atoms with E-state index in [-0.39, 0.29) is 56.6 Å². The number of benzene rings is 2. The Hall–Kier alpha value is -3.77. The summed E-state index contributed by atoms with van der Waals surface area (Å²) < 4.78 is 40.4. The third-order valence-electron chi connectivity index (χ3n) is 10.2. The molecule has 1 N–H and O–H groups in total. The SMILES string of the molecule is CCO[C@@H]1C[C@H]2CN(C(=O)[C@H](C3CCC(F)(F)CC3)N(Cc3ccccc3)C(=O)[O-])[C@H](C(=O)N[C@@H]3CCOc4ccccc43)CN2C1. The number of amides is 3. The smallest absolute Gasteiger partial charge is 0.248 e. The van der Waals surface area contributed by atoms with Crippen LogP contribution in [0, 0.1) is 5.92 Å². The van der Waals surface area contributed by atoms with Gasteiger partial charge in [0.05, 0.1) is 18.8 Å². The van der Waals surface area contributed by atoms with E-state index in [1.54, 1.807) is 30.3 Å². The molecule has 6 rings (SSSR count). The Morgan fingerprint density at radius 2 is 1.77 bits per heavy atom. The van der Waals surface area contributed by atoms with Crippen molar-refractivity contribution in [1.29, 1.82) is 0 Å². The summed E-state index contributed by atoms with van der Waals surface area (Å²) in [6.07, 6.45) is -1.31. The fraction of sp³-hybridized carbons (Fsp3) is 0.571. The number of hydrogen-bond donors (Lipinski definition) is 1. The number of alkyl halides is 2. The highest BCUT2D eigenvalue weighted by Crippen LogP contribution is 2.40. The van der Waals surface area contributed by atoms with Crippen molar-refractivity contribution >= 4 is 17.9 Å². The zero-order valence-electron chi connectivity index (χ0n) is 26.7. The van der Waals surface area contributed by atoms with Crippen LogP contribution in [0.4, 0.5) is 13.6 Å². The molecule has 0 bridgehead atoms. The van der Waals surface area contributed by atoms with Crippen LogP contribution in [0.1, 0.15) is 62.6 Å². The van der Waals surface area contributed by atoms with Crippen molar-refractivity contribution in [3.05, 3.63) is 65.7 Å². The number of hydrogen-bond acceptors (Lipinski definition) is 7. The van der Waals surface area contributed by atoms with E-state index >= 15 is 0 Å². The maximum Gasteiger partial charge on any atom is 0.248 e. The highest BCUT2D eigenvalue weighted by Gasteiger charge is 2.49. The first-order valence-corrected chi connectivity index (χ1v) is 16.7. The summed E-state index contributed by atoms with van der Waals surface area (Å²) in [4.78, 5) is 46.5. The summed E-state index contributed by atoms with van der Waals surface area (Å²) in [5.41, 5.74) is 1.49. The van der Waals surface area contributed by atoms with E-state index in [4.69, 9.17) is 9.47 Å². The molecule has 3 fully saturated rings. The number of carbonyl (C=O) groups is 3. The number of nitrogens with zero attached hydrogens (tertiary/aromatic N) is 3. The number of nitrogens with one attached hydrogen (secondary N) is 1. The molecule has 3 heterocycles. The highest BCUT2D eigenvalue weighted by atomic mass is 19.3. The van der Waals surface area contributed by atoms with E-state index in [1.165, 1.54) is 4.90 Å². The molecule has 2 saturated heterocycles. The van der Waals surface area contributed by atoms with E-state index in [1.807, 2.05) is 31.2 Å². The molecule has 0 aromatic heterocycles. The van der Waals surface area contributed by atoms with Crippen LogP contribution in [0.25, 0.3) is 0 Å². The van der Waals surface area contributed by atoms with Crippen LogP contribution in [0.5, 0.6) is 5.75 Å². The Morgan fingerprint density at radius 1 is 1.04 bits per heavy atom. The monoisotopic (exact) mass is 653 g/mol. The zero-order chi connectivity index (χ0) is 33.1.